The lowest BCUT2D eigenvalue weighted by molar-refractivity contribution is -0.274. The number of aromatic nitrogens is 1. The van der Waals surface area contributed by atoms with Gasteiger partial charge in [0.25, 0.3) is 0 Å². The van der Waals surface area contributed by atoms with E-state index in [2.05, 4.69) is 9.72 Å². The molecule has 0 unspecified atom stereocenters. The van der Waals surface area contributed by atoms with Crippen LogP contribution in [0.15, 0.2) is 6.20 Å². The van der Waals surface area contributed by atoms with Crippen molar-refractivity contribution in [3.63, 3.8) is 0 Å². The average Bonchev–Trinajstić information content (AvgIpc) is 2.04. The molecule has 0 fully saturated rings. The van der Waals surface area contributed by atoms with Crippen LogP contribution in [0.25, 0.3) is 0 Å². The fourth-order valence-corrected chi connectivity index (χ4v) is 1.65. The first-order valence-electron chi connectivity index (χ1n) is 3.06. The maximum absolute atomic E-state index is 11.9. The van der Waals surface area contributed by atoms with Gasteiger partial charge in [-0.05, 0) is 22.6 Å². The summed E-state index contributed by atoms with van der Waals surface area (Å²) in [6.07, 6.45) is -3.80. The Morgan fingerprint density at radius 3 is 2.43 bits per heavy atom. The Kier molecular flexibility index (Phi) is 3.70. The lowest BCUT2D eigenvalue weighted by atomic mass is 10.4. The second kappa shape index (κ2) is 4.28. The number of rotatable bonds is 1. The fourth-order valence-electron chi connectivity index (χ4n) is 0.636. The Balaban J connectivity index is 3.13. The summed E-state index contributed by atoms with van der Waals surface area (Å²) in [5.41, 5.74) is 0. The van der Waals surface area contributed by atoms with Crippen molar-refractivity contribution in [3.05, 3.63) is 19.9 Å². The third-order valence-electron chi connectivity index (χ3n) is 1.11. The van der Waals surface area contributed by atoms with Gasteiger partial charge >= 0.3 is 6.36 Å². The van der Waals surface area contributed by atoms with Gasteiger partial charge in [0.1, 0.15) is 10.2 Å². The van der Waals surface area contributed by atoms with Crippen LogP contribution in [0.3, 0.4) is 0 Å². The Morgan fingerprint density at radius 2 is 1.93 bits per heavy atom. The van der Waals surface area contributed by atoms with Gasteiger partial charge in [-0.25, -0.2) is 4.98 Å². The highest BCUT2D eigenvalue weighted by molar-refractivity contribution is 14.1. The molecule has 2 nitrogen and oxygen atoms in total. The Bertz CT molecular complexity index is 358. The van der Waals surface area contributed by atoms with Gasteiger partial charge in [-0.15, -0.1) is 13.2 Å². The molecule has 0 atom stereocenters. The summed E-state index contributed by atoms with van der Waals surface area (Å²) >= 11 is 12.5. The van der Waals surface area contributed by atoms with Crippen LogP contribution in [-0.4, -0.2) is 11.3 Å². The maximum Gasteiger partial charge on any atom is 0.573 e. The molecule has 0 saturated heterocycles. The number of pyridine rings is 1. The van der Waals surface area contributed by atoms with E-state index in [1.54, 1.807) is 22.6 Å². The van der Waals surface area contributed by atoms with Crippen LogP contribution in [0.4, 0.5) is 13.2 Å². The number of hydrogen-bond donors (Lipinski definition) is 0. The fraction of sp³-hybridized carbons (Fsp3) is 0.167. The van der Waals surface area contributed by atoms with E-state index in [0.717, 1.165) is 6.20 Å². The first-order chi connectivity index (χ1) is 6.31. The number of hydrogen-bond acceptors (Lipinski definition) is 2. The second-order valence-corrected chi connectivity index (χ2v) is 3.93. The van der Waals surface area contributed by atoms with E-state index in [1.807, 2.05) is 0 Å². The molecule has 1 aromatic rings. The van der Waals surface area contributed by atoms with Gasteiger partial charge in [0.2, 0.25) is 0 Å². The van der Waals surface area contributed by atoms with Crippen molar-refractivity contribution in [1.29, 1.82) is 0 Å². The van der Waals surface area contributed by atoms with Crippen LogP contribution in [0, 0.1) is 3.57 Å². The van der Waals surface area contributed by atoms with Crippen molar-refractivity contribution in [1.82, 2.24) is 4.98 Å². The standard InChI is InChI=1S/C6HCl2F3INO/c7-2-1-13-5(8)3(12)4(2)14-6(9,10)11/h1H. The van der Waals surface area contributed by atoms with E-state index in [4.69, 9.17) is 23.2 Å². The molecule has 0 N–H and O–H groups in total. The van der Waals surface area contributed by atoms with Crippen molar-refractivity contribution in [2.75, 3.05) is 0 Å². The van der Waals surface area contributed by atoms with Crippen LogP contribution in [0.5, 0.6) is 5.75 Å². The first kappa shape index (κ1) is 12.1. The molecule has 1 heterocycles. The third kappa shape index (κ3) is 3.03. The highest BCUT2D eigenvalue weighted by Gasteiger charge is 2.33. The molecule has 0 aliphatic heterocycles. The van der Waals surface area contributed by atoms with E-state index in [1.165, 1.54) is 0 Å². The molecule has 0 bridgehead atoms. The van der Waals surface area contributed by atoms with E-state index >= 15 is 0 Å². The summed E-state index contributed by atoms with van der Waals surface area (Å²) in [6, 6.07) is 0. The topological polar surface area (TPSA) is 22.1 Å². The van der Waals surface area contributed by atoms with Gasteiger partial charge in [0.05, 0.1) is 9.77 Å². The van der Waals surface area contributed by atoms with E-state index in [9.17, 15) is 13.2 Å². The molecule has 0 spiro atoms. The van der Waals surface area contributed by atoms with Gasteiger partial charge in [0.15, 0.2) is 5.75 Å². The largest absolute Gasteiger partial charge is 0.573 e. The highest BCUT2D eigenvalue weighted by atomic mass is 127. The maximum atomic E-state index is 11.9. The predicted octanol–water partition coefficient (Wildman–Crippen LogP) is 3.89. The zero-order valence-electron chi connectivity index (χ0n) is 6.20. The quantitative estimate of drug-likeness (QED) is 0.562. The lowest BCUT2D eigenvalue weighted by Crippen LogP contribution is -2.18. The monoisotopic (exact) mass is 357 g/mol. The van der Waals surface area contributed by atoms with Crippen LogP contribution in [-0.2, 0) is 0 Å². The molecule has 1 rings (SSSR count). The summed E-state index contributed by atoms with van der Waals surface area (Å²) in [7, 11) is 0. The van der Waals surface area contributed by atoms with Crippen molar-refractivity contribution in [2.24, 2.45) is 0 Å². The Morgan fingerprint density at radius 1 is 1.36 bits per heavy atom. The van der Waals surface area contributed by atoms with Crippen LogP contribution in [0.1, 0.15) is 0 Å². The summed E-state index contributed by atoms with van der Waals surface area (Å²) in [5.74, 6) is -0.528. The molecule has 0 aliphatic rings. The molecule has 8 heteroatoms. The summed E-state index contributed by atoms with van der Waals surface area (Å²) in [5, 5.41) is -0.328. The molecule has 0 aromatic carbocycles. The highest BCUT2D eigenvalue weighted by Crippen LogP contribution is 2.36. The number of ether oxygens (including phenoxy) is 1. The smallest absolute Gasteiger partial charge is 0.403 e. The van der Waals surface area contributed by atoms with Gasteiger partial charge in [-0.1, -0.05) is 23.2 Å². The summed E-state index contributed by atoms with van der Waals surface area (Å²) < 4.78 is 39.4. The second-order valence-electron chi connectivity index (χ2n) is 2.09. The van der Waals surface area contributed by atoms with Crippen LogP contribution < -0.4 is 4.74 Å². The van der Waals surface area contributed by atoms with Gasteiger partial charge in [-0.2, -0.15) is 0 Å². The first-order valence-corrected chi connectivity index (χ1v) is 4.90. The SMILES string of the molecule is FC(F)(F)Oc1c(Cl)cnc(Cl)c1I. The lowest BCUT2D eigenvalue weighted by Gasteiger charge is -2.11. The molecule has 0 saturated carbocycles. The zero-order valence-corrected chi connectivity index (χ0v) is 9.87. The van der Waals surface area contributed by atoms with E-state index in [0.29, 0.717) is 0 Å². The summed E-state index contributed by atoms with van der Waals surface area (Å²) in [6.45, 7) is 0. The van der Waals surface area contributed by atoms with Crippen LogP contribution >= 0.6 is 45.8 Å². The number of halogens is 6. The van der Waals surface area contributed by atoms with E-state index in [-0.39, 0.29) is 13.7 Å². The molecule has 14 heavy (non-hydrogen) atoms. The molecule has 78 valence electrons. The normalized spacial score (nSPS) is 11.6. The third-order valence-corrected chi connectivity index (χ3v) is 2.98. The van der Waals surface area contributed by atoms with Gasteiger partial charge in [-0.3, -0.25) is 0 Å². The predicted molar refractivity (Wildman–Crippen MR) is 53.7 cm³/mol. The molecular formula is C6HCl2F3INO. The van der Waals surface area contributed by atoms with E-state index < -0.39 is 12.1 Å². The minimum atomic E-state index is -4.80. The number of alkyl halides is 3. The van der Waals surface area contributed by atoms with Crippen molar-refractivity contribution in [2.45, 2.75) is 6.36 Å². The minimum Gasteiger partial charge on any atom is -0.403 e. The molecule has 1 aromatic heterocycles. The van der Waals surface area contributed by atoms with Crippen LogP contribution in [0.2, 0.25) is 10.2 Å². The molecule has 0 radical (unpaired) electrons. The minimum absolute atomic E-state index is 0.0223. The zero-order chi connectivity index (χ0) is 10.9. The van der Waals surface area contributed by atoms with Gasteiger partial charge < -0.3 is 4.74 Å². The Labute approximate surface area is 100 Å². The summed E-state index contributed by atoms with van der Waals surface area (Å²) in [4.78, 5) is 3.55. The molecule has 0 aliphatic carbocycles. The average molecular weight is 358 g/mol. The Hall–Kier alpha value is 0.0500. The van der Waals surface area contributed by atoms with Crippen molar-refractivity contribution in [3.8, 4) is 5.75 Å². The van der Waals surface area contributed by atoms with Gasteiger partial charge in [0, 0.05) is 0 Å². The number of nitrogens with zero attached hydrogens (tertiary/aromatic N) is 1. The van der Waals surface area contributed by atoms with Crippen molar-refractivity contribution < 1.29 is 17.9 Å². The molecule has 0 amide bonds. The van der Waals surface area contributed by atoms with Crippen molar-refractivity contribution >= 4 is 45.8 Å². The molecular weight excluding hydrogens is 357 g/mol.